The number of fused-ring (bicyclic) bond motifs is 1. The van der Waals surface area contributed by atoms with E-state index < -0.39 is 15.8 Å². The van der Waals surface area contributed by atoms with Crippen molar-refractivity contribution in [2.24, 2.45) is 0 Å². The van der Waals surface area contributed by atoms with Crippen molar-refractivity contribution in [2.75, 3.05) is 24.7 Å². The van der Waals surface area contributed by atoms with Crippen molar-refractivity contribution >= 4 is 27.8 Å². The quantitative estimate of drug-likeness (QED) is 0.678. The molecule has 0 N–H and O–H groups in total. The molecule has 2 fully saturated rings. The first-order valence-corrected chi connectivity index (χ1v) is 11.9. The summed E-state index contributed by atoms with van der Waals surface area (Å²) in [6, 6.07) is 7.09. The third kappa shape index (κ3) is 4.47. The molecule has 156 valence electrons. The average Bonchev–Trinajstić information content (AvgIpc) is 3.36. The van der Waals surface area contributed by atoms with Crippen molar-refractivity contribution < 1.29 is 27.5 Å². The number of amides is 1. The molecule has 4 rings (SSSR count). The van der Waals surface area contributed by atoms with E-state index >= 15 is 0 Å². The number of carbonyl (C=O) groups is 2. The van der Waals surface area contributed by atoms with E-state index in [1.165, 1.54) is 0 Å². The van der Waals surface area contributed by atoms with Crippen molar-refractivity contribution in [1.29, 1.82) is 0 Å². The highest BCUT2D eigenvalue weighted by molar-refractivity contribution is 7.91. The molecule has 2 aliphatic heterocycles. The first-order chi connectivity index (χ1) is 13.9. The molecule has 0 radical (unpaired) electrons. The van der Waals surface area contributed by atoms with Crippen LogP contribution in [0.15, 0.2) is 29.8 Å². The topological polar surface area (TPSA) is 90.0 Å². The van der Waals surface area contributed by atoms with Crippen molar-refractivity contribution in [3.63, 3.8) is 0 Å². The Morgan fingerprint density at radius 1 is 1.10 bits per heavy atom. The number of rotatable bonds is 5. The van der Waals surface area contributed by atoms with Crippen molar-refractivity contribution in [1.82, 2.24) is 4.90 Å². The van der Waals surface area contributed by atoms with Crippen LogP contribution in [0.25, 0.3) is 6.08 Å². The largest absolute Gasteiger partial charge is 0.488 e. The first kappa shape index (κ1) is 19.9. The molecule has 3 aliphatic rings. The Balaban J connectivity index is 1.41. The lowest BCUT2D eigenvalue weighted by atomic mass is 10.1. The highest BCUT2D eigenvalue weighted by Gasteiger charge is 2.39. The van der Waals surface area contributed by atoms with Gasteiger partial charge >= 0.3 is 5.97 Å². The summed E-state index contributed by atoms with van der Waals surface area (Å²) in [6.45, 7) is -0.290. The Morgan fingerprint density at radius 3 is 2.59 bits per heavy atom. The van der Waals surface area contributed by atoms with Crippen molar-refractivity contribution in [3.05, 3.63) is 35.4 Å². The molecule has 0 unspecified atom stereocenters. The van der Waals surface area contributed by atoms with Crippen LogP contribution >= 0.6 is 0 Å². The van der Waals surface area contributed by atoms with Crippen LogP contribution < -0.4 is 4.74 Å². The summed E-state index contributed by atoms with van der Waals surface area (Å²) in [7, 11) is -3.11. The zero-order valence-electron chi connectivity index (χ0n) is 16.2. The molecular formula is C21H25NO6S. The van der Waals surface area contributed by atoms with Crippen LogP contribution in [0.3, 0.4) is 0 Å². The number of benzene rings is 1. The molecule has 1 aromatic rings. The standard InChI is InChI=1S/C21H25NO6S/c23-20(22(17-6-2-3-7-17)18-9-10-29(25,26)14-18)13-28-21(24)16-11-15-5-1-4-8-19(15)27-12-16/h1,4-5,8,11,17-18H,2-3,6-7,9-10,12-14H2/t18-/m1/s1. The van der Waals surface area contributed by atoms with E-state index in [-0.39, 0.29) is 42.7 Å². The summed E-state index contributed by atoms with van der Waals surface area (Å²) in [4.78, 5) is 27.0. The Hall–Kier alpha value is -2.35. The number of hydrogen-bond acceptors (Lipinski definition) is 6. The molecule has 29 heavy (non-hydrogen) atoms. The summed E-state index contributed by atoms with van der Waals surface area (Å²) >= 11 is 0. The summed E-state index contributed by atoms with van der Waals surface area (Å²) in [6.07, 6.45) is 5.95. The van der Waals surface area contributed by atoms with Gasteiger partial charge in [0.1, 0.15) is 12.4 Å². The number of carbonyl (C=O) groups excluding carboxylic acids is 2. The van der Waals surface area contributed by atoms with Crippen LogP contribution in [0.5, 0.6) is 5.75 Å². The van der Waals surface area contributed by atoms with E-state index in [0.29, 0.717) is 17.7 Å². The van der Waals surface area contributed by atoms with Crippen LogP contribution in [0.1, 0.15) is 37.7 Å². The summed E-state index contributed by atoms with van der Waals surface area (Å²) in [5, 5.41) is 0. The molecule has 1 saturated heterocycles. The minimum atomic E-state index is -3.11. The van der Waals surface area contributed by atoms with E-state index in [4.69, 9.17) is 9.47 Å². The lowest BCUT2D eigenvalue weighted by molar-refractivity contribution is -0.151. The molecule has 0 spiro atoms. The van der Waals surface area contributed by atoms with Gasteiger partial charge in [0.15, 0.2) is 16.4 Å². The van der Waals surface area contributed by atoms with Crippen molar-refractivity contribution in [2.45, 2.75) is 44.2 Å². The fraction of sp³-hybridized carbons (Fsp3) is 0.524. The highest BCUT2D eigenvalue weighted by atomic mass is 32.2. The fourth-order valence-corrected chi connectivity index (χ4v) is 6.12. The third-order valence-electron chi connectivity index (χ3n) is 5.83. The van der Waals surface area contributed by atoms with E-state index in [2.05, 4.69) is 0 Å². The van der Waals surface area contributed by atoms with E-state index in [1.807, 2.05) is 24.3 Å². The van der Waals surface area contributed by atoms with Crippen LogP contribution in [0, 0.1) is 0 Å². The fourth-order valence-electron chi connectivity index (χ4n) is 4.41. The lowest BCUT2D eigenvalue weighted by Crippen LogP contribution is -2.48. The molecule has 7 nitrogen and oxygen atoms in total. The Bertz CT molecular complexity index is 932. The van der Waals surface area contributed by atoms with Gasteiger partial charge in [0.2, 0.25) is 0 Å². The number of hydrogen-bond donors (Lipinski definition) is 0. The SMILES string of the molecule is O=C(OCC(=O)N(C1CCCC1)[C@@H]1CCS(=O)(=O)C1)C1=Cc2ccccc2OC1. The minimum Gasteiger partial charge on any atom is -0.488 e. The molecule has 0 aromatic heterocycles. The lowest BCUT2D eigenvalue weighted by Gasteiger charge is -2.33. The van der Waals surface area contributed by atoms with Gasteiger partial charge in [-0.15, -0.1) is 0 Å². The molecule has 1 aromatic carbocycles. The van der Waals surface area contributed by atoms with E-state index in [1.54, 1.807) is 11.0 Å². The highest BCUT2D eigenvalue weighted by Crippen LogP contribution is 2.30. The molecule has 1 atom stereocenters. The normalized spacial score (nSPS) is 23.0. The maximum absolute atomic E-state index is 12.9. The number of ether oxygens (including phenoxy) is 2. The number of sulfone groups is 1. The Kier molecular flexibility index (Phi) is 5.63. The summed E-state index contributed by atoms with van der Waals surface area (Å²) < 4.78 is 34.7. The van der Waals surface area contributed by atoms with Gasteiger partial charge < -0.3 is 14.4 Å². The predicted octanol–water partition coefficient (Wildman–Crippen LogP) is 1.96. The Labute approximate surface area is 170 Å². The molecule has 0 bridgehead atoms. The molecular weight excluding hydrogens is 394 g/mol. The van der Waals surface area contributed by atoms with Gasteiger partial charge in [-0.1, -0.05) is 31.0 Å². The minimum absolute atomic E-state index is 0.00103. The number of nitrogens with zero attached hydrogens (tertiary/aromatic N) is 1. The predicted molar refractivity (Wildman–Crippen MR) is 107 cm³/mol. The van der Waals surface area contributed by atoms with Gasteiger partial charge in [-0.05, 0) is 31.4 Å². The van der Waals surface area contributed by atoms with E-state index in [9.17, 15) is 18.0 Å². The van der Waals surface area contributed by atoms with Crippen LogP contribution in [0.4, 0.5) is 0 Å². The van der Waals surface area contributed by atoms with Crippen LogP contribution in [0.2, 0.25) is 0 Å². The summed E-state index contributed by atoms with van der Waals surface area (Å²) in [5.41, 5.74) is 1.15. The molecule has 2 heterocycles. The molecule has 1 amide bonds. The smallest absolute Gasteiger partial charge is 0.338 e. The Morgan fingerprint density at radius 2 is 1.86 bits per heavy atom. The van der Waals surface area contributed by atoms with Gasteiger partial charge in [-0.3, -0.25) is 4.79 Å². The second-order valence-corrected chi connectivity index (χ2v) is 10.1. The van der Waals surface area contributed by atoms with Gasteiger partial charge in [-0.25, -0.2) is 13.2 Å². The number of esters is 1. The van der Waals surface area contributed by atoms with Crippen molar-refractivity contribution in [3.8, 4) is 5.75 Å². The monoisotopic (exact) mass is 419 g/mol. The first-order valence-electron chi connectivity index (χ1n) is 10.0. The molecule has 1 saturated carbocycles. The zero-order valence-corrected chi connectivity index (χ0v) is 17.0. The van der Waals surface area contributed by atoms with Gasteiger partial charge in [0, 0.05) is 17.6 Å². The molecule has 8 heteroatoms. The summed E-state index contributed by atoms with van der Waals surface area (Å²) in [5.74, 6) is -0.0883. The van der Waals surface area contributed by atoms with Gasteiger partial charge in [0.25, 0.3) is 5.91 Å². The third-order valence-corrected chi connectivity index (χ3v) is 7.58. The van der Waals surface area contributed by atoms with Gasteiger partial charge in [-0.2, -0.15) is 0 Å². The number of para-hydroxylation sites is 1. The second kappa shape index (κ2) is 8.18. The zero-order chi connectivity index (χ0) is 20.4. The maximum Gasteiger partial charge on any atom is 0.338 e. The maximum atomic E-state index is 12.9. The van der Waals surface area contributed by atoms with Gasteiger partial charge in [0.05, 0.1) is 17.1 Å². The molecule has 1 aliphatic carbocycles. The van der Waals surface area contributed by atoms with Crippen LogP contribution in [-0.4, -0.2) is 62.0 Å². The second-order valence-electron chi connectivity index (χ2n) is 7.87. The average molecular weight is 419 g/mol. The van der Waals surface area contributed by atoms with E-state index in [0.717, 1.165) is 31.2 Å². The van der Waals surface area contributed by atoms with Crippen LogP contribution in [-0.2, 0) is 24.2 Å².